The first-order chi connectivity index (χ1) is 7.03. The number of hydrogen-bond acceptors (Lipinski definition) is 6. The normalized spacial score (nSPS) is 11.9. The average Bonchev–Trinajstić information content (AvgIpc) is 2.05. The summed E-state index contributed by atoms with van der Waals surface area (Å²) in [5.41, 5.74) is 0. The molecule has 1 rings (SSSR count). The first-order valence-corrected chi connectivity index (χ1v) is 6.42. The minimum absolute atomic E-state index is 0. The van der Waals surface area contributed by atoms with Gasteiger partial charge in [0.25, 0.3) is 20.2 Å². The maximum atomic E-state index is 10.7. The van der Waals surface area contributed by atoms with Gasteiger partial charge in [0.05, 0.1) is 4.90 Å². The molecule has 1 aromatic carbocycles. The minimum Gasteiger partial charge on any atom is -0.504 e. The molecule has 0 aliphatic rings. The Morgan fingerprint density at radius 3 is 1.71 bits per heavy atom. The van der Waals surface area contributed by atoms with Gasteiger partial charge in [-0.2, -0.15) is 16.8 Å². The van der Waals surface area contributed by atoms with E-state index in [1.807, 2.05) is 0 Å². The van der Waals surface area contributed by atoms with Gasteiger partial charge in [-0.05, 0) is 6.07 Å². The number of phenols is 2. The molecule has 0 atom stereocenters. The van der Waals surface area contributed by atoms with Gasteiger partial charge in [-0.15, -0.1) is 0 Å². The van der Waals surface area contributed by atoms with Crippen molar-refractivity contribution in [2.45, 2.75) is 9.79 Å². The quantitative estimate of drug-likeness (QED) is 0.250. The summed E-state index contributed by atoms with van der Waals surface area (Å²) in [6, 6.07) is 0.735. The van der Waals surface area contributed by atoms with Crippen LogP contribution < -0.4 is 29.6 Å². The molecule has 0 radical (unpaired) electrons. The number of phenolic OH excluding ortho intramolecular Hbond substituents is 2. The molecular weight excluding hydrogens is 287 g/mol. The van der Waals surface area contributed by atoms with Crippen molar-refractivity contribution >= 4 is 20.2 Å². The fourth-order valence-corrected chi connectivity index (χ4v) is 2.14. The van der Waals surface area contributed by atoms with Gasteiger partial charge < -0.3 is 10.2 Å². The molecule has 0 amide bonds. The van der Waals surface area contributed by atoms with Gasteiger partial charge >= 0.3 is 29.6 Å². The van der Waals surface area contributed by atoms with Crippen LogP contribution in [0.1, 0.15) is 0 Å². The van der Waals surface area contributed by atoms with Gasteiger partial charge in [0.1, 0.15) is 4.90 Å². The van der Waals surface area contributed by atoms with E-state index in [1.165, 1.54) is 0 Å². The third kappa shape index (κ3) is 3.81. The Morgan fingerprint density at radius 2 is 1.35 bits per heavy atom. The standard InChI is InChI=1S/C6H6O8S2.Na/c7-4-1-3(15(9,10)11)2-5(6(4)8)16(12,13)14;/h1-2,7-8H,(H,9,10,11)(H,12,13,14);/q;+1. The molecule has 17 heavy (non-hydrogen) atoms. The van der Waals surface area contributed by atoms with E-state index in [-0.39, 0.29) is 29.6 Å². The van der Waals surface area contributed by atoms with Gasteiger partial charge in [-0.1, -0.05) is 0 Å². The van der Waals surface area contributed by atoms with E-state index in [4.69, 9.17) is 19.3 Å². The van der Waals surface area contributed by atoms with Crippen LogP contribution in [0.15, 0.2) is 21.9 Å². The second kappa shape index (κ2) is 5.10. The van der Waals surface area contributed by atoms with Gasteiger partial charge in [0, 0.05) is 6.07 Å². The second-order valence-electron chi connectivity index (χ2n) is 2.74. The Bertz CT molecular complexity index is 632. The van der Waals surface area contributed by atoms with E-state index < -0.39 is 41.5 Å². The van der Waals surface area contributed by atoms with Crippen LogP contribution in [0.3, 0.4) is 0 Å². The van der Waals surface area contributed by atoms with Crippen LogP contribution >= 0.6 is 0 Å². The van der Waals surface area contributed by atoms with E-state index in [2.05, 4.69) is 0 Å². The molecule has 0 saturated heterocycles. The maximum absolute atomic E-state index is 10.7. The van der Waals surface area contributed by atoms with E-state index in [0.29, 0.717) is 12.1 Å². The summed E-state index contributed by atoms with van der Waals surface area (Å²) in [6.07, 6.45) is 0. The van der Waals surface area contributed by atoms with Crippen LogP contribution in [-0.2, 0) is 20.2 Å². The van der Waals surface area contributed by atoms with Gasteiger partial charge in [-0.3, -0.25) is 9.11 Å². The summed E-state index contributed by atoms with van der Waals surface area (Å²) in [7, 11) is -9.70. The molecule has 0 spiro atoms. The number of rotatable bonds is 2. The van der Waals surface area contributed by atoms with Crippen molar-refractivity contribution in [1.29, 1.82) is 0 Å². The van der Waals surface area contributed by atoms with Gasteiger partial charge in [-0.25, -0.2) is 0 Å². The fourth-order valence-electron chi connectivity index (χ4n) is 0.914. The summed E-state index contributed by atoms with van der Waals surface area (Å²) >= 11 is 0. The van der Waals surface area contributed by atoms with Crippen molar-refractivity contribution in [3.8, 4) is 11.5 Å². The molecule has 4 N–H and O–H groups in total. The van der Waals surface area contributed by atoms with Crippen molar-refractivity contribution in [3.63, 3.8) is 0 Å². The molecule has 11 heteroatoms. The summed E-state index contributed by atoms with van der Waals surface area (Å²) in [6.45, 7) is 0. The maximum Gasteiger partial charge on any atom is 1.00 e. The smallest absolute Gasteiger partial charge is 0.504 e. The molecule has 0 aromatic heterocycles. The van der Waals surface area contributed by atoms with E-state index in [9.17, 15) is 16.8 Å². The van der Waals surface area contributed by atoms with Gasteiger partial charge in [0.15, 0.2) is 11.5 Å². The summed E-state index contributed by atoms with van der Waals surface area (Å²) < 4.78 is 59.9. The predicted molar refractivity (Wildman–Crippen MR) is 49.4 cm³/mol. The Labute approximate surface area is 119 Å². The van der Waals surface area contributed by atoms with Crippen LogP contribution in [0.5, 0.6) is 11.5 Å². The molecule has 0 unspecified atom stereocenters. The van der Waals surface area contributed by atoms with Crippen LogP contribution in [0.2, 0.25) is 0 Å². The molecule has 0 aliphatic carbocycles. The number of aromatic hydroxyl groups is 2. The number of hydrogen-bond donors (Lipinski definition) is 4. The summed E-state index contributed by atoms with van der Waals surface area (Å²) in [4.78, 5) is -2.20. The third-order valence-electron chi connectivity index (χ3n) is 1.60. The third-order valence-corrected chi connectivity index (χ3v) is 3.30. The Morgan fingerprint density at radius 1 is 0.882 bits per heavy atom. The molecule has 0 saturated carbocycles. The van der Waals surface area contributed by atoms with Gasteiger partial charge in [0.2, 0.25) is 0 Å². The Kier molecular flexibility index (Phi) is 4.99. The molecule has 1 aromatic rings. The Balaban J connectivity index is 0.00000256. The van der Waals surface area contributed by atoms with E-state index >= 15 is 0 Å². The Hall–Kier alpha value is -0.360. The van der Waals surface area contributed by atoms with Crippen LogP contribution in [-0.4, -0.2) is 36.2 Å². The van der Waals surface area contributed by atoms with Crippen LogP contribution in [0.4, 0.5) is 0 Å². The second-order valence-corrected chi connectivity index (χ2v) is 5.55. The van der Waals surface area contributed by atoms with Crippen molar-refractivity contribution in [2.75, 3.05) is 0 Å². The summed E-state index contributed by atoms with van der Waals surface area (Å²) in [5, 5.41) is 18.1. The predicted octanol–water partition coefficient (Wildman–Crippen LogP) is -3.40. The SMILES string of the molecule is O=S(=O)(O)c1cc(O)c(O)c(S(=O)(=O)O)c1.[Na+]. The molecule has 0 aliphatic heterocycles. The molecule has 0 fully saturated rings. The topological polar surface area (TPSA) is 149 Å². The average molecular weight is 293 g/mol. The largest absolute Gasteiger partial charge is 1.00 e. The minimum atomic E-state index is -4.92. The molecular formula is C6H6NaO8S2+. The van der Waals surface area contributed by atoms with E-state index in [1.54, 1.807) is 0 Å². The zero-order valence-corrected chi connectivity index (χ0v) is 12.0. The van der Waals surface area contributed by atoms with Crippen molar-refractivity contribution in [3.05, 3.63) is 12.1 Å². The first-order valence-electron chi connectivity index (χ1n) is 3.54. The fraction of sp³-hybridized carbons (Fsp3) is 0. The van der Waals surface area contributed by atoms with Crippen molar-refractivity contribution in [2.24, 2.45) is 0 Å². The van der Waals surface area contributed by atoms with Crippen molar-refractivity contribution < 1.29 is 65.7 Å². The van der Waals surface area contributed by atoms with Crippen LogP contribution in [0.25, 0.3) is 0 Å². The first kappa shape index (κ1) is 16.6. The monoisotopic (exact) mass is 293 g/mol. The van der Waals surface area contributed by atoms with E-state index in [0.717, 1.165) is 0 Å². The number of benzene rings is 1. The molecule has 0 bridgehead atoms. The zero-order valence-electron chi connectivity index (χ0n) is 8.39. The summed E-state index contributed by atoms with van der Waals surface area (Å²) in [5.74, 6) is -2.32. The van der Waals surface area contributed by atoms with Crippen molar-refractivity contribution in [1.82, 2.24) is 0 Å². The zero-order chi connectivity index (χ0) is 12.7. The van der Waals surface area contributed by atoms with Crippen LogP contribution in [0, 0.1) is 0 Å². The molecule has 8 nitrogen and oxygen atoms in total. The molecule has 90 valence electrons. The molecule has 0 heterocycles.